The summed E-state index contributed by atoms with van der Waals surface area (Å²) in [6.07, 6.45) is 8.52. The van der Waals surface area contributed by atoms with Crippen molar-refractivity contribution in [1.82, 2.24) is 4.98 Å². The minimum absolute atomic E-state index is 0.833. The molecule has 1 aromatic rings. The molecule has 1 heterocycles. The van der Waals surface area contributed by atoms with E-state index in [1.165, 1.54) is 0 Å². The Morgan fingerprint density at radius 3 is 1.64 bits per heavy atom. The maximum Gasteiger partial charge on any atom is 0.0698 e. The fourth-order valence-electron chi connectivity index (χ4n) is 1.05. The quantitative estimate of drug-likeness (QED) is 0.392. The molecular weight excluding hydrogens is 302 g/mol. The first kappa shape index (κ1) is 34.7. The van der Waals surface area contributed by atoms with Crippen LogP contribution in [0.5, 0.6) is 0 Å². The van der Waals surface area contributed by atoms with Gasteiger partial charge in [-0.25, -0.2) is 0 Å². The summed E-state index contributed by atoms with van der Waals surface area (Å²) in [7, 11) is 0. The standard InChI is InChI=1S/C11H13N.C4H10.C3H6.3C2H6/c1-3-7-10(4-2)11-8-5-6-9-12-11;1-4(2)3;1-3-2;3*1-2/h4-9H,2-3H2,1H3;4H,1-3H3;3H,1H2,2H3;3*1-2H3/b10-7+;;;;;. The molecule has 0 aliphatic rings. The molecule has 0 unspecified atom stereocenters. The second-order valence-electron chi connectivity index (χ2n) is 4.63. The summed E-state index contributed by atoms with van der Waals surface area (Å²) < 4.78 is 0. The molecule has 0 saturated carbocycles. The zero-order chi connectivity index (χ0) is 21.1. The third kappa shape index (κ3) is 39.3. The lowest BCUT2D eigenvalue weighted by molar-refractivity contribution is 0.737. The first-order valence-electron chi connectivity index (χ1n) is 9.84. The summed E-state index contributed by atoms with van der Waals surface area (Å²) in [5.41, 5.74) is 2.10. The Balaban J connectivity index is -0.0000000858. The molecule has 0 aromatic carbocycles. The number of aromatic nitrogens is 1. The highest BCUT2D eigenvalue weighted by Crippen LogP contribution is 2.12. The van der Waals surface area contributed by atoms with Gasteiger partial charge in [0.1, 0.15) is 0 Å². The van der Waals surface area contributed by atoms with Gasteiger partial charge >= 0.3 is 0 Å². The fourth-order valence-corrected chi connectivity index (χ4v) is 1.05. The number of nitrogens with zero attached hydrogens (tertiary/aromatic N) is 1. The van der Waals surface area contributed by atoms with Crippen molar-refractivity contribution >= 4 is 5.57 Å². The van der Waals surface area contributed by atoms with E-state index in [-0.39, 0.29) is 0 Å². The van der Waals surface area contributed by atoms with E-state index >= 15 is 0 Å². The second-order valence-corrected chi connectivity index (χ2v) is 4.63. The van der Waals surface area contributed by atoms with Crippen molar-refractivity contribution in [3.8, 4) is 0 Å². The van der Waals surface area contributed by atoms with E-state index in [4.69, 9.17) is 0 Å². The lowest BCUT2D eigenvalue weighted by Crippen LogP contribution is -1.84. The first-order chi connectivity index (χ1) is 12.0. The molecule has 1 nitrogen and oxygen atoms in total. The molecule has 25 heavy (non-hydrogen) atoms. The van der Waals surface area contributed by atoms with Crippen molar-refractivity contribution in [2.75, 3.05) is 0 Å². The summed E-state index contributed by atoms with van der Waals surface area (Å²) in [6, 6.07) is 5.88. The maximum atomic E-state index is 4.23. The van der Waals surface area contributed by atoms with Crippen LogP contribution in [0.1, 0.15) is 88.3 Å². The molecule has 0 aliphatic carbocycles. The number of hydrogen-bond acceptors (Lipinski definition) is 1. The number of pyridine rings is 1. The van der Waals surface area contributed by atoms with E-state index in [0.29, 0.717) is 0 Å². The van der Waals surface area contributed by atoms with Crippen molar-refractivity contribution < 1.29 is 0 Å². The van der Waals surface area contributed by atoms with Gasteiger partial charge in [-0.2, -0.15) is 0 Å². The van der Waals surface area contributed by atoms with Gasteiger partial charge in [0.25, 0.3) is 0 Å². The predicted octanol–water partition coefficient (Wildman–Crippen LogP) is 8.99. The molecule has 1 aromatic heterocycles. The van der Waals surface area contributed by atoms with Gasteiger partial charge in [0.2, 0.25) is 0 Å². The van der Waals surface area contributed by atoms with E-state index in [0.717, 1.165) is 23.6 Å². The minimum atomic E-state index is 0.833. The predicted molar refractivity (Wildman–Crippen MR) is 123 cm³/mol. The third-order valence-electron chi connectivity index (χ3n) is 1.60. The molecule has 0 bridgehead atoms. The number of rotatable bonds is 3. The van der Waals surface area contributed by atoms with Gasteiger partial charge in [-0.3, -0.25) is 4.98 Å². The van der Waals surface area contributed by atoms with Gasteiger partial charge < -0.3 is 0 Å². The average molecular weight is 350 g/mol. The van der Waals surface area contributed by atoms with Crippen LogP contribution in [0.2, 0.25) is 0 Å². The molecule has 0 N–H and O–H groups in total. The van der Waals surface area contributed by atoms with E-state index in [1.807, 2.05) is 72.7 Å². The van der Waals surface area contributed by atoms with E-state index in [2.05, 4.69) is 51.9 Å². The van der Waals surface area contributed by atoms with Crippen LogP contribution in [0.3, 0.4) is 0 Å². The second kappa shape index (κ2) is 38.1. The monoisotopic (exact) mass is 349 g/mol. The highest BCUT2D eigenvalue weighted by Gasteiger charge is 1.94. The molecule has 0 fully saturated rings. The Kier molecular flexibility index (Phi) is 52.8. The van der Waals surface area contributed by atoms with Crippen molar-refractivity contribution in [2.24, 2.45) is 5.92 Å². The molecule has 1 heteroatoms. The Bertz CT molecular complexity index is 345. The van der Waals surface area contributed by atoms with Crippen molar-refractivity contribution in [1.29, 1.82) is 0 Å². The lowest BCUT2D eigenvalue weighted by Gasteiger charge is -1.98. The van der Waals surface area contributed by atoms with Gasteiger partial charge in [-0.05, 0) is 37.0 Å². The van der Waals surface area contributed by atoms with Crippen LogP contribution >= 0.6 is 0 Å². The van der Waals surface area contributed by atoms with Gasteiger partial charge in [0.15, 0.2) is 0 Å². The number of hydrogen-bond donors (Lipinski definition) is 0. The molecule has 0 radical (unpaired) electrons. The van der Waals surface area contributed by atoms with Crippen LogP contribution in [0, 0.1) is 5.92 Å². The van der Waals surface area contributed by atoms with Crippen LogP contribution in [-0.2, 0) is 0 Å². The molecular formula is C24H47N. The van der Waals surface area contributed by atoms with Gasteiger partial charge in [-0.15, -0.1) is 6.58 Å². The summed E-state index contributed by atoms with van der Waals surface area (Å²) >= 11 is 0. The Hall–Kier alpha value is -1.63. The Labute approximate surface area is 161 Å². The molecule has 0 spiro atoms. The van der Waals surface area contributed by atoms with E-state index in [1.54, 1.807) is 12.3 Å². The van der Waals surface area contributed by atoms with Crippen LogP contribution in [0.4, 0.5) is 0 Å². The first-order valence-corrected chi connectivity index (χ1v) is 9.84. The molecule has 0 amide bonds. The zero-order valence-electron chi connectivity index (χ0n) is 19.2. The fraction of sp³-hybridized carbons (Fsp3) is 0.542. The van der Waals surface area contributed by atoms with Crippen LogP contribution in [-0.4, -0.2) is 4.98 Å². The van der Waals surface area contributed by atoms with Crippen LogP contribution < -0.4 is 0 Å². The Morgan fingerprint density at radius 1 is 1.00 bits per heavy atom. The summed E-state index contributed by atoms with van der Waals surface area (Å²) in [5, 5.41) is 0. The normalized spacial score (nSPS) is 8.08. The summed E-state index contributed by atoms with van der Waals surface area (Å²) in [4.78, 5) is 4.23. The van der Waals surface area contributed by atoms with Crippen molar-refractivity contribution in [3.63, 3.8) is 0 Å². The smallest absolute Gasteiger partial charge is 0.0698 e. The zero-order valence-corrected chi connectivity index (χ0v) is 19.2. The van der Waals surface area contributed by atoms with Gasteiger partial charge in [-0.1, -0.05) is 100 Å². The van der Waals surface area contributed by atoms with Crippen molar-refractivity contribution in [3.05, 3.63) is 61.5 Å². The molecule has 148 valence electrons. The molecule has 0 saturated heterocycles. The third-order valence-corrected chi connectivity index (χ3v) is 1.60. The van der Waals surface area contributed by atoms with Crippen LogP contribution in [0.15, 0.2) is 55.8 Å². The van der Waals surface area contributed by atoms with Crippen LogP contribution in [0.25, 0.3) is 5.57 Å². The van der Waals surface area contributed by atoms with Gasteiger partial charge in [0, 0.05) is 6.20 Å². The van der Waals surface area contributed by atoms with Crippen molar-refractivity contribution in [2.45, 2.75) is 82.6 Å². The van der Waals surface area contributed by atoms with E-state index in [9.17, 15) is 0 Å². The highest BCUT2D eigenvalue weighted by molar-refractivity contribution is 5.70. The summed E-state index contributed by atoms with van der Waals surface area (Å²) in [6.45, 7) is 29.6. The lowest BCUT2D eigenvalue weighted by atomic mass is 10.1. The number of allylic oxidation sites excluding steroid dienone is 4. The topological polar surface area (TPSA) is 12.9 Å². The highest BCUT2D eigenvalue weighted by atomic mass is 14.7. The summed E-state index contributed by atoms with van der Waals surface area (Å²) in [5.74, 6) is 0.833. The SMILES string of the molecule is C=C/C(=C\CC)c1ccccn1.C=CC.CC.CC.CC.CC(C)C. The maximum absolute atomic E-state index is 4.23. The Morgan fingerprint density at radius 2 is 1.40 bits per heavy atom. The average Bonchev–Trinajstić information content (AvgIpc) is 2.65. The van der Waals surface area contributed by atoms with E-state index < -0.39 is 0 Å². The molecule has 0 aliphatic heterocycles. The van der Waals surface area contributed by atoms with Gasteiger partial charge in [0.05, 0.1) is 5.69 Å². The largest absolute Gasteiger partial charge is 0.256 e. The minimum Gasteiger partial charge on any atom is -0.256 e. The molecule has 0 atom stereocenters. The molecule has 1 rings (SSSR count).